The third kappa shape index (κ3) is 4.03. The van der Waals surface area contributed by atoms with Crippen molar-refractivity contribution in [2.24, 2.45) is 0 Å². The van der Waals surface area contributed by atoms with Gasteiger partial charge in [0.25, 0.3) is 0 Å². The molecule has 0 aliphatic heterocycles. The van der Waals surface area contributed by atoms with Crippen LogP contribution in [0.1, 0.15) is 18.9 Å². The summed E-state index contributed by atoms with van der Waals surface area (Å²) in [6, 6.07) is 6.05. The Balaban J connectivity index is 2.65. The van der Waals surface area contributed by atoms with Crippen molar-refractivity contribution in [1.29, 1.82) is 5.26 Å². The molecular weight excluding hydrogens is 234 g/mol. The normalized spacial score (nSPS) is 9.78. The van der Waals surface area contributed by atoms with Gasteiger partial charge in [0.15, 0.2) is 5.75 Å². The van der Waals surface area contributed by atoms with Gasteiger partial charge in [0.05, 0.1) is 23.2 Å². The van der Waals surface area contributed by atoms with Crippen LogP contribution in [-0.4, -0.2) is 24.6 Å². The molecule has 96 valence electrons. The average Bonchev–Trinajstić information content (AvgIpc) is 2.38. The molecule has 1 rings (SSSR count). The van der Waals surface area contributed by atoms with Crippen LogP contribution in [0, 0.1) is 21.4 Å². The molecule has 6 nitrogen and oxygen atoms in total. The van der Waals surface area contributed by atoms with Gasteiger partial charge in [0.2, 0.25) is 0 Å². The van der Waals surface area contributed by atoms with Crippen LogP contribution in [0.4, 0.5) is 5.69 Å². The molecule has 0 unspecified atom stereocenters. The number of nitro groups is 1. The van der Waals surface area contributed by atoms with Gasteiger partial charge in [-0.05, 0) is 31.6 Å². The van der Waals surface area contributed by atoms with Crippen LogP contribution >= 0.6 is 0 Å². The predicted molar refractivity (Wildman–Crippen MR) is 66.5 cm³/mol. The highest BCUT2D eigenvalue weighted by molar-refractivity contribution is 5.51. The number of hydrogen-bond acceptors (Lipinski definition) is 5. The Labute approximate surface area is 105 Å². The van der Waals surface area contributed by atoms with Crippen LogP contribution in [0.15, 0.2) is 18.2 Å². The Morgan fingerprint density at radius 3 is 2.94 bits per heavy atom. The largest absolute Gasteiger partial charge is 0.487 e. The number of ether oxygens (including phenoxy) is 1. The minimum atomic E-state index is -0.541. The van der Waals surface area contributed by atoms with Gasteiger partial charge in [-0.1, -0.05) is 6.92 Å². The molecule has 0 aliphatic rings. The summed E-state index contributed by atoms with van der Waals surface area (Å²) < 4.78 is 5.35. The van der Waals surface area contributed by atoms with Gasteiger partial charge in [0, 0.05) is 6.07 Å². The number of hydrogen-bond donors (Lipinski definition) is 1. The van der Waals surface area contributed by atoms with Crippen molar-refractivity contribution in [3.05, 3.63) is 33.9 Å². The fourth-order valence-electron chi connectivity index (χ4n) is 1.41. The molecule has 0 spiro atoms. The quantitative estimate of drug-likeness (QED) is 0.452. The average molecular weight is 249 g/mol. The van der Waals surface area contributed by atoms with Gasteiger partial charge in [-0.15, -0.1) is 0 Å². The smallest absolute Gasteiger partial charge is 0.312 e. The Morgan fingerprint density at radius 1 is 1.56 bits per heavy atom. The highest BCUT2D eigenvalue weighted by Gasteiger charge is 2.15. The van der Waals surface area contributed by atoms with Gasteiger partial charge < -0.3 is 10.1 Å². The summed E-state index contributed by atoms with van der Waals surface area (Å²) in [6.07, 6.45) is 0.769. The first-order valence-corrected chi connectivity index (χ1v) is 5.71. The van der Waals surface area contributed by atoms with Crippen molar-refractivity contribution in [3.63, 3.8) is 0 Å². The molecule has 1 aromatic rings. The number of benzene rings is 1. The summed E-state index contributed by atoms with van der Waals surface area (Å²) in [4.78, 5) is 10.3. The van der Waals surface area contributed by atoms with Gasteiger partial charge >= 0.3 is 5.69 Å². The van der Waals surface area contributed by atoms with Crippen molar-refractivity contribution >= 4 is 5.69 Å². The van der Waals surface area contributed by atoms with Crippen molar-refractivity contribution in [2.75, 3.05) is 19.7 Å². The molecule has 0 saturated heterocycles. The first-order chi connectivity index (χ1) is 8.69. The molecule has 18 heavy (non-hydrogen) atoms. The van der Waals surface area contributed by atoms with Crippen LogP contribution in [0.25, 0.3) is 0 Å². The summed E-state index contributed by atoms with van der Waals surface area (Å²) >= 11 is 0. The number of nitrogens with zero attached hydrogens (tertiary/aromatic N) is 2. The number of nitro benzene ring substituents is 1. The minimum absolute atomic E-state index is 0.169. The summed E-state index contributed by atoms with van der Waals surface area (Å²) in [7, 11) is 0. The molecule has 0 heterocycles. The van der Waals surface area contributed by atoms with Crippen molar-refractivity contribution in [2.45, 2.75) is 13.3 Å². The molecule has 0 aromatic heterocycles. The molecule has 1 aromatic carbocycles. The number of nitrogens with one attached hydrogen (secondary N) is 1. The molecule has 0 aliphatic carbocycles. The SMILES string of the molecule is CCNCCCOc1ccc(C#N)cc1[N+](=O)[O-]. The lowest BCUT2D eigenvalue weighted by molar-refractivity contribution is -0.385. The topological polar surface area (TPSA) is 88.2 Å². The first kappa shape index (κ1) is 13.9. The van der Waals surface area contributed by atoms with Gasteiger partial charge in [0.1, 0.15) is 0 Å². The number of rotatable bonds is 7. The Bertz CT molecular complexity index is 454. The van der Waals surface area contributed by atoms with E-state index in [0.29, 0.717) is 6.61 Å². The minimum Gasteiger partial charge on any atom is -0.487 e. The summed E-state index contributed by atoms with van der Waals surface area (Å²) in [5, 5.41) is 22.6. The van der Waals surface area contributed by atoms with E-state index in [0.717, 1.165) is 19.5 Å². The van der Waals surface area contributed by atoms with Gasteiger partial charge in [-0.2, -0.15) is 5.26 Å². The van der Waals surface area contributed by atoms with E-state index in [1.54, 1.807) is 0 Å². The van der Waals surface area contributed by atoms with E-state index in [2.05, 4.69) is 5.32 Å². The second-order valence-corrected chi connectivity index (χ2v) is 3.61. The lowest BCUT2D eigenvalue weighted by Gasteiger charge is -2.07. The van der Waals surface area contributed by atoms with Crippen molar-refractivity contribution in [1.82, 2.24) is 5.32 Å². The summed E-state index contributed by atoms with van der Waals surface area (Å²) in [5.41, 5.74) is 0.0826. The van der Waals surface area contributed by atoms with E-state index < -0.39 is 4.92 Å². The van der Waals surface area contributed by atoms with Crippen molar-refractivity contribution in [3.8, 4) is 11.8 Å². The van der Waals surface area contributed by atoms with Gasteiger partial charge in [-0.25, -0.2) is 0 Å². The van der Waals surface area contributed by atoms with E-state index in [4.69, 9.17) is 10.00 Å². The molecule has 0 radical (unpaired) electrons. The third-order valence-electron chi connectivity index (χ3n) is 2.29. The molecule has 0 amide bonds. The van der Waals surface area contributed by atoms with Crippen LogP contribution in [0.3, 0.4) is 0 Å². The van der Waals surface area contributed by atoms with Crippen LogP contribution < -0.4 is 10.1 Å². The monoisotopic (exact) mass is 249 g/mol. The Hall–Kier alpha value is -2.13. The van der Waals surface area contributed by atoms with Crippen LogP contribution in [0.5, 0.6) is 5.75 Å². The fourth-order valence-corrected chi connectivity index (χ4v) is 1.41. The molecule has 1 N–H and O–H groups in total. The molecule has 0 fully saturated rings. The van der Waals surface area contributed by atoms with Crippen LogP contribution in [0.2, 0.25) is 0 Å². The highest BCUT2D eigenvalue weighted by atomic mass is 16.6. The predicted octanol–water partition coefficient (Wildman–Crippen LogP) is 1.84. The van der Waals surface area contributed by atoms with Crippen LogP contribution in [-0.2, 0) is 0 Å². The summed E-state index contributed by atoms with van der Waals surface area (Å²) in [5.74, 6) is 0.204. The molecular formula is C12H15N3O3. The summed E-state index contributed by atoms with van der Waals surface area (Å²) in [6.45, 7) is 4.10. The number of nitriles is 1. The lowest BCUT2D eigenvalue weighted by atomic mass is 10.2. The molecule has 0 atom stereocenters. The maximum atomic E-state index is 10.8. The second-order valence-electron chi connectivity index (χ2n) is 3.61. The standard InChI is InChI=1S/C12H15N3O3/c1-2-14-6-3-7-18-12-5-4-10(9-13)8-11(12)15(16)17/h4-5,8,14H,2-3,6-7H2,1H3. The van der Waals surface area contributed by atoms with Crippen molar-refractivity contribution < 1.29 is 9.66 Å². The zero-order valence-corrected chi connectivity index (χ0v) is 10.2. The maximum absolute atomic E-state index is 10.8. The second kappa shape index (κ2) is 7.25. The molecule has 0 saturated carbocycles. The highest BCUT2D eigenvalue weighted by Crippen LogP contribution is 2.27. The van der Waals surface area contributed by atoms with E-state index in [9.17, 15) is 10.1 Å². The Kier molecular flexibility index (Phi) is 5.61. The zero-order chi connectivity index (χ0) is 13.4. The van der Waals surface area contributed by atoms with E-state index in [-0.39, 0.29) is 17.0 Å². The maximum Gasteiger partial charge on any atom is 0.312 e. The fraction of sp³-hybridized carbons (Fsp3) is 0.417. The van der Waals surface area contributed by atoms with E-state index in [1.165, 1.54) is 18.2 Å². The van der Waals surface area contributed by atoms with Gasteiger partial charge in [-0.3, -0.25) is 10.1 Å². The third-order valence-corrected chi connectivity index (χ3v) is 2.29. The van der Waals surface area contributed by atoms with E-state index in [1.807, 2.05) is 13.0 Å². The van der Waals surface area contributed by atoms with E-state index >= 15 is 0 Å². The molecule has 6 heteroatoms. The Morgan fingerprint density at radius 2 is 2.33 bits per heavy atom. The zero-order valence-electron chi connectivity index (χ0n) is 10.2. The lowest BCUT2D eigenvalue weighted by Crippen LogP contribution is -2.16. The molecule has 0 bridgehead atoms. The first-order valence-electron chi connectivity index (χ1n) is 5.71.